The van der Waals surface area contributed by atoms with Crippen LogP contribution in [0.5, 0.6) is 0 Å². The molecule has 4 rings (SSSR count). The molecule has 0 amide bonds. The predicted octanol–water partition coefficient (Wildman–Crippen LogP) is 2.82. The van der Waals surface area contributed by atoms with Gasteiger partial charge in [0.1, 0.15) is 5.82 Å². The lowest BCUT2D eigenvalue weighted by atomic mass is 9.86. The quantitative estimate of drug-likeness (QED) is 0.915. The van der Waals surface area contributed by atoms with E-state index in [2.05, 4.69) is 46.5 Å². The number of fused-ring (bicyclic) bond motifs is 1. The fourth-order valence-corrected chi connectivity index (χ4v) is 4.67. The number of aliphatic hydroxyl groups is 1. The Morgan fingerprint density at radius 2 is 1.81 bits per heavy atom. The number of likely N-dealkylation sites (N-methyl/N-ethyl adjacent to an activating group) is 1. The molecule has 1 aliphatic carbocycles. The smallest absolute Gasteiger partial charge is 0.106 e. The number of hydrogen-bond acceptors (Lipinski definition) is 4. The molecular weight excluding hydrogens is 324 g/mol. The predicted molar refractivity (Wildman–Crippen MR) is 105 cm³/mol. The Morgan fingerprint density at radius 3 is 2.50 bits per heavy atom. The van der Waals surface area contributed by atoms with Crippen LogP contribution >= 0.6 is 0 Å². The first-order valence-electron chi connectivity index (χ1n) is 10.1. The number of piperazine rings is 1. The Labute approximate surface area is 156 Å². The van der Waals surface area contributed by atoms with E-state index in [0.29, 0.717) is 18.6 Å². The lowest BCUT2D eigenvalue weighted by Gasteiger charge is -2.32. The zero-order valence-corrected chi connectivity index (χ0v) is 16.2. The molecule has 0 bridgehead atoms. The number of imidazole rings is 1. The fourth-order valence-electron chi connectivity index (χ4n) is 4.67. The van der Waals surface area contributed by atoms with Crippen LogP contribution in [-0.2, 0) is 6.54 Å². The molecule has 1 N–H and O–H groups in total. The molecule has 0 spiro atoms. The van der Waals surface area contributed by atoms with Crippen LogP contribution < -0.4 is 0 Å². The van der Waals surface area contributed by atoms with E-state index in [1.165, 1.54) is 11.1 Å². The third-order valence-corrected chi connectivity index (χ3v) is 6.37. The minimum absolute atomic E-state index is 0.339. The summed E-state index contributed by atoms with van der Waals surface area (Å²) in [5.41, 5.74) is 3.78. The van der Waals surface area contributed by atoms with Gasteiger partial charge in [0.05, 0.1) is 11.0 Å². The first-order valence-corrected chi connectivity index (χ1v) is 10.1. The molecule has 2 fully saturated rings. The van der Waals surface area contributed by atoms with Gasteiger partial charge in [0.15, 0.2) is 0 Å². The van der Waals surface area contributed by atoms with E-state index in [0.717, 1.165) is 69.7 Å². The van der Waals surface area contributed by atoms with Crippen LogP contribution in [0.25, 0.3) is 11.0 Å². The first kappa shape index (κ1) is 18.0. The number of aliphatic hydroxyl groups excluding tert-OH is 1. The highest BCUT2D eigenvalue weighted by Crippen LogP contribution is 2.35. The van der Waals surface area contributed by atoms with Gasteiger partial charge < -0.3 is 14.6 Å². The molecule has 2 heterocycles. The minimum Gasteiger partial charge on any atom is -0.396 e. The van der Waals surface area contributed by atoms with Gasteiger partial charge in [0.2, 0.25) is 0 Å². The van der Waals surface area contributed by atoms with Crippen molar-refractivity contribution >= 4 is 11.0 Å². The average Bonchev–Trinajstić information content (AvgIpc) is 2.98. The maximum Gasteiger partial charge on any atom is 0.106 e. The number of benzene rings is 1. The monoisotopic (exact) mass is 356 g/mol. The van der Waals surface area contributed by atoms with Gasteiger partial charge in [-0.25, -0.2) is 4.98 Å². The Balaban J connectivity index is 1.51. The summed E-state index contributed by atoms with van der Waals surface area (Å²) < 4.78 is 2.45. The first-order chi connectivity index (χ1) is 12.6. The van der Waals surface area contributed by atoms with Gasteiger partial charge in [-0.2, -0.15) is 0 Å². The summed E-state index contributed by atoms with van der Waals surface area (Å²) in [6, 6.07) is 7.39. The number of hydrogen-bond donors (Lipinski definition) is 1. The van der Waals surface area contributed by atoms with E-state index in [1.54, 1.807) is 0 Å². The Kier molecular flexibility index (Phi) is 5.30. The molecule has 1 aromatic heterocycles. The lowest BCUT2D eigenvalue weighted by molar-refractivity contribution is 0.148. The van der Waals surface area contributed by atoms with Crippen LogP contribution in [0.3, 0.4) is 0 Å². The van der Waals surface area contributed by atoms with E-state index >= 15 is 0 Å². The van der Waals surface area contributed by atoms with Gasteiger partial charge in [0.25, 0.3) is 0 Å². The third-order valence-electron chi connectivity index (χ3n) is 6.37. The van der Waals surface area contributed by atoms with Crippen LogP contribution in [0.2, 0.25) is 0 Å². The van der Waals surface area contributed by atoms with Crippen LogP contribution in [0.4, 0.5) is 0 Å². The molecule has 0 atom stereocenters. The van der Waals surface area contributed by atoms with Gasteiger partial charge in [-0.1, -0.05) is 6.07 Å². The van der Waals surface area contributed by atoms with Crippen LogP contribution in [-0.4, -0.2) is 64.3 Å². The summed E-state index contributed by atoms with van der Waals surface area (Å²) >= 11 is 0. The van der Waals surface area contributed by atoms with E-state index < -0.39 is 0 Å². The highest BCUT2D eigenvalue weighted by molar-refractivity contribution is 5.77. The van der Waals surface area contributed by atoms with Gasteiger partial charge in [0, 0.05) is 45.4 Å². The Hall–Kier alpha value is -1.43. The summed E-state index contributed by atoms with van der Waals surface area (Å²) in [5.74, 6) is 1.63. The van der Waals surface area contributed by atoms with Gasteiger partial charge in [-0.15, -0.1) is 0 Å². The van der Waals surface area contributed by atoms with Crippen LogP contribution in [0.1, 0.15) is 43.1 Å². The second kappa shape index (κ2) is 7.67. The summed E-state index contributed by atoms with van der Waals surface area (Å²) in [4.78, 5) is 9.82. The molecule has 142 valence electrons. The molecule has 0 unspecified atom stereocenters. The van der Waals surface area contributed by atoms with E-state index in [-0.39, 0.29) is 0 Å². The summed E-state index contributed by atoms with van der Waals surface area (Å²) in [5, 5.41) is 9.39. The molecule has 1 saturated heterocycles. The van der Waals surface area contributed by atoms with Crippen LogP contribution in [0, 0.1) is 12.8 Å². The maximum absolute atomic E-state index is 9.39. The molecule has 1 saturated carbocycles. The second-order valence-corrected chi connectivity index (χ2v) is 8.29. The summed E-state index contributed by atoms with van der Waals surface area (Å²) in [7, 11) is 2.20. The molecule has 2 aromatic rings. The van der Waals surface area contributed by atoms with Crippen molar-refractivity contribution in [2.45, 2.75) is 45.2 Å². The Morgan fingerprint density at radius 1 is 1.08 bits per heavy atom. The topological polar surface area (TPSA) is 44.5 Å². The molecule has 26 heavy (non-hydrogen) atoms. The standard InChI is InChI=1S/C21H32N4O/c1-16-22-20-13-18(14-24-11-9-23(2)10-12-24)5-8-21(20)25(16)19-6-3-17(15-26)4-7-19/h5,8,13,17,19,26H,3-4,6-7,9-12,14-15H2,1-2H3. The van der Waals surface area contributed by atoms with E-state index in [1.807, 2.05) is 0 Å². The molecule has 0 radical (unpaired) electrons. The van der Waals surface area contributed by atoms with Crippen molar-refractivity contribution in [3.05, 3.63) is 29.6 Å². The largest absolute Gasteiger partial charge is 0.396 e. The van der Waals surface area contributed by atoms with E-state index in [9.17, 15) is 5.11 Å². The number of aryl methyl sites for hydroxylation is 1. The van der Waals surface area contributed by atoms with Crippen molar-refractivity contribution in [2.24, 2.45) is 5.92 Å². The van der Waals surface area contributed by atoms with E-state index in [4.69, 9.17) is 4.98 Å². The average molecular weight is 357 g/mol. The molecule has 2 aliphatic rings. The van der Waals surface area contributed by atoms with Crippen molar-refractivity contribution in [2.75, 3.05) is 39.8 Å². The van der Waals surface area contributed by atoms with Crippen molar-refractivity contribution in [1.29, 1.82) is 0 Å². The fraction of sp³-hybridized carbons (Fsp3) is 0.667. The molecular formula is C21H32N4O. The minimum atomic E-state index is 0.339. The number of nitrogens with zero attached hydrogens (tertiary/aromatic N) is 4. The zero-order valence-electron chi connectivity index (χ0n) is 16.2. The van der Waals surface area contributed by atoms with Crippen molar-refractivity contribution in [1.82, 2.24) is 19.4 Å². The SMILES string of the molecule is Cc1nc2cc(CN3CCN(C)CC3)ccc2n1C1CCC(CO)CC1. The highest BCUT2D eigenvalue weighted by atomic mass is 16.3. The third kappa shape index (κ3) is 3.66. The highest BCUT2D eigenvalue weighted by Gasteiger charge is 2.24. The lowest BCUT2D eigenvalue weighted by Crippen LogP contribution is -2.43. The number of rotatable bonds is 4. The van der Waals surface area contributed by atoms with Gasteiger partial charge in [-0.05, 0) is 63.3 Å². The van der Waals surface area contributed by atoms with Crippen molar-refractivity contribution < 1.29 is 5.11 Å². The number of aromatic nitrogens is 2. The van der Waals surface area contributed by atoms with Gasteiger partial charge in [-0.3, -0.25) is 4.90 Å². The second-order valence-electron chi connectivity index (χ2n) is 8.29. The summed E-state index contributed by atoms with van der Waals surface area (Å²) in [6.07, 6.45) is 4.56. The van der Waals surface area contributed by atoms with Crippen LogP contribution in [0.15, 0.2) is 18.2 Å². The molecule has 5 nitrogen and oxygen atoms in total. The van der Waals surface area contributed by atoms with Crippen molar-refractivity contribution in [3.63, 3.8) is 0 Å². The van der Waals surface area contributed by atoms with Gasteiger partial charge >= 0.3 is 0 Å². The molecule has 5 heteroatoms. The van der Waals surface area contributed by atoms with Crippen molar-refractivity contribution in [3.8, 4) is 0 Å². The molecule has 1 aliphatic heterocycles. The maximum atomic E-state index is 9.39. The normalized spacial score (nSPS) is 25.8. The molecule has 1 aromatic carbocycles. The zero-order chi connectivity index (χ0) is 18.1. The summed E-state index contributed by atoms with van der Waals surface area (Å²) in [6.45, 7) is 8.12. The Bertz CT molecular complexity index is 740.